The smallest absolute Gasteiger partial charge is 0.209 e. The van der Waals surface area contributed by atoms with Crippen molar-refractivity contribution in [2.45, 2.75) is 25.9 Å². The molecule has 2 N–H and O–H groups in total. The van der Waals surface area contributed by atoms with Gasteiger partial charge in [-0.1, -0.05) is 24.3 Å². The first-order chi connectivity index (χ1) is 9.77. The van der Waals surface area contributed by atoms with Gasteiger partial charge in [0.05, 0.1) is 6.26 Å². The van der Waals surface area contributed by atoms with Crippen molar-refractivity contribution in [3.05, 3.63) is 42.2 Å². The maximum absolute atomic E-state index is 11.3. The first-order valence-corrected chi connectivity index (χ1v) is 8.67. The number of nitrogens with zero attached hydrogens (tertiary/aromatic N) is 1. The highest BCUT2D eigenvalue weighted by molar-refractivity contribution is 7.88. The van der Waals surface area contributed by atoms with Crippen molar-refractivity contribution in [1.82, 2.24) is 15.0 Å². The van der Waals surface area contributed by atoms with Crippen molar-refractivity contribution in [3.8, 4) is 0 Å². The fourth-order valence-electron chi connectivity index (χ4n) is 2.37. The summed E-state index contributed by atoms with van der Waals surface area (Å²) in [7, 11) is -3.21. The van der Waals surface area contributed by atoms with Gasteiger partial charge in [-0.25, -0.2) is 13.1 Å². The van der Waals surface area contributed by atoms with Crippen LogP contribution in [0.5, 0.6) is 0 Å². The third-order valence-electron chi connectivity index (χ3n) is 3.09. The molecule has 0 unspecified atom stereocenters. The molecule has 0 aliphatic carbocycles. The molecule has 0 spiro atoms. The van der Waals surface area contributed by atoms with Gasteiger partial charge in [0.2, 0.25) is 10.0 Å². The summed E-state index contributed by atoms with van der Waals surface area (Å²) in [6.07, 6.45) is 4.85. The van der Waals surface area contributed by atoms with E-state index in [-0.39, 0.29) is 0 Å². The summed E-state index contributed by atoms with van der Waals surface area (Å²) >= 11 is 0. The van der Waals surface area contributed by atoms with Crippen LogP contribution in [0.4, 0.5) is 0 Å². The molecule has 2 aromatic rings. The van der Waals surface area contributed by atoms with Gasteiger partial charge in [0, 0.05) is 36.4 Å². The molecule has 0 bridgehead atoms. The zero-order valence-corrected chi connectivity index (χ0v) is 13.4. The molecule has 1 aromatic heterocycles. The van der Waals surface area contributed by atoms with E-state index in [0.29, 0.717) is 13.1 Å². The lowest BCUT2D eigenvalue weighted by Gasteiger charge is -2.25. The molecule has 0 aliphatic heterocycles. The summed E-state index contributed by atoms with van der Waals surface area (Å²) in [6.45, 7) is 4.87. The van der Waals surface area contributed by atoms with Crippen molar-refractivity contribution in [2.75, 3.05) is 12.8 Å². The van der Waals surface area contributed by atoms with E-state index in [9.17, 15) is 8.42 Å². The standard InChI is InChI=1S/C15H21N3O2S/c1-15(2,18-21(3,19)20)11-17-10-13-9-16-8-12-6-4-5-7-14(12)13/h4-9,17-18H,10-11H2,1-3H3. The molecule has 0 amide bonds. The highest BCUT2D eigenvalue weighted by Gasteiger charge is 2.21. The van der Waals surface area contributed by atoms with Crippen LogP contribution in [0.25, 0.3) is 10.8 Å². The fourth-order valence-corrected chi connectivity index (χ4v) is 3.44. The van der Waals surface area contributed by atoms with E-state index in [1.807, 2.05) is 44.4 Å². The molecule has 0 atom stereocenters. The van der Waals surface area contributed by atoms with Gasteiger partial charge in [-0.05, 0) is 24.8 Å². The Morgan fingerprint density at radius 2 is 1.90 bits per heavy atom. The van der Waals surface area contributed by atoms with E-state index in [1.54, 1.807) is 0 Å². The second kappa shape index (κ2) is 6.09. The highest BCUT2D eigenvalue weighted by atomic mass is 32.2. The quantitative estimate of drug-likeness (QED) is 0.851. The summed E-state index contributed by atoms with van der Waals surface area (Å²) < 4.78 is 25.2. The monoisotopic (exact) mass is 307 g/mol. The summed E-state index contributed by atoms with van der Waals surface area (Å²) in [5.74, 6) is 0. The minimum atomic E-state index is -3.21. The molecular formula is C15H21N3O2S. The van der Waals surface area contributed by atoms with Crippen LogP contribution < -0.4 is 10.0 Å². The second-order valence-electron chi connectivity index (χ2n) is 5.88. The van der Waals surface area contributed by atoms with Crippen LogP contribution in [0.1, 0.15) is 19.4 Å². The summed E-state index contributed by atoms with van der Waals surface area (Å²) in [5.41, 5.74) is 0.564. The minimum absolute atomic E-state index is 0.531. The minimum Gasteiger partial charge on any atom is -0.311 e. The number of fused-ring (bicyclic) bond motifs is 1. The summed E-state index contributed by atoms with van der Waals surface area (Å²) in [4.78, 5) is 4.24. The van der Waals surface area contributed by atoms with Crippen molar-refractivity contribution in [3.63, 3.8) is 0 Å². The molecule has 2 rings (SSSR count). The lowest BCUT2D eigenvalue weighted by atomic mass is 10.1. The maximum atomic E-state index is 11.3. The molecule has 21 heavy (non-hydrogen) atoms. The van der Waals surface area contributed by atoms with E-state index >= 15 is 0 Å². The maximum Gasteiger partial charge on any atom is 0.209 e. The molecule has 5 nitrogen and oxygen atoms in total. The van der Waals surface area contributed by atoms with Crippen molar-refractivity contribution < 1.29 is 8.42 Å². The van der Waals surface area contributed by atoms with Crippen LogP contribution in [-0.4, -0.2) is 31.7 Å². The third kappa shape index (κ3) is 4.77. The van der Waals surface area contributed by atoms with E-state index in [1.165, 1.54) is 6.26 Å². The van der Waals surface area contributed by atoms with E-state index in [4.69, 9.17) is 0 Å². The van der Waals surface area contributed by atoms with Crippen LogP contribution in [-0.2, 0) is 16.6 Å². The SMILES string of the molecule is CC(C)(CNCc1cncc2ccccc12)NS(C)(=O)=O. The van der Waals surface area contributed by atoms with Gasteiger partial charge < -0.3 is 5.32 Å². The topological polar surface area (TPSA) is 71.1 Å². The Bertz CT molecular complexity index is 721. The first-order valence-electron chi connectivity index (χ1n) is 6.78. The van der Waals surface area contributed by atoms with Crippen LogP contribution in [0, 0.1) is 0 Å². The predicted molar refractivity (Wildman–Crippen MR) is 85.5 cm³/mol. The van der Waals surface area contributed by atoms with Crippen LogP contribution in [0.15, 0.2) is 36.7 Å². The number of rotatable bonds is 6. The van der Waals surface area contributed by atoms with Gasteiger partial charge in [0.25, 0.3) is 0 Å². The average Bonchev–Trinajstić information content (AvgIpc) is 2.36. The number of pyridine rings is 1. The Morgan fingerprint density at radius 1 is 1.19 bits per heavy atom. The second-order valence-corrected chi connectivity index (χ2v) is 7.63. The largest absolute Gasteiger partial charge is 0.311 e. The number of nitrogens with one attached hydrogen (secondary N) is 2. The Morgan fingerprint density at radius 3 is 2.62 bits per heavy atom. The zero-order valence-electron chi connectivity index (χ0n) is 12.6. The first kappa shape index (κ1) is 15.9. The summed E-state index contributed by atoms with van der Waals surface area (Å²) in [6, 6.07) is 8.08. The Hall–Kier alpha value is -1.50. The molecule has 6 heteroatoms. The lowest BCUT2D eigenvalue weighted by molar-refractivity contribution is 0.421. The molecule has 0 fully saturated rings. The fraction of sp³-hybridized carbons (Fsp3) is 0.400. The molecule has 0 saturated heterocycles. The number of benzene rings is 1. The van der Waals surface area contributed by atoms with Gasteiger partial charge in [-0.3, -0.25) is 4.98 Å². The predicted octanol–water partition coefficient (Wildman–Crippen LogP) is 1.65. The van der Waals surface area contributed by atoms with Crippen molar-refractivity contribution in [1.29, 1.82) is 0 Å². The van der Waals surface area contributed by atoms with Crippen molar-refractivity contribution in [2.24, 2.45) is 0 Å². The van der Waals surface area contributed by atoms with Gasteiger partial charge in [0.15, 0.2) is 0 Å². The number of sulfonamides is 1. The molecule has 114 valence electrons. The van der Waals surface area contributed by atoms with E-state index in [0.717, 1.165) is 16.3 Å². The molecule has 1 heterocycles. The normalized spacial score (nSPS) is 12.7. The highest BCUT2D eigenvalue weighted by Crippen LogP contribution is 2.16. The van der Waals surface area contributed by atoms with Crippen LogP contribution in [0.2, 0.25) is 0 Å². The van der Waals surface area contributed by atoms with Gasteiger partial charge in [0.1, 0.15) is 0 Å². The van der Waals surface area contributed by atoms with Crippen LogP contribution in [0.3, 0.4) is 0 Å². The van der Waals surface area contributed by atoms with E-state index in [2.05, 4.69) is 21.1 Å². The molecular weight excluding hydrogens is 286 g/mol. The molecule has 0 saturated carbocycles. The molecule has 0 aliphatic rings. The lowest BCUT2D eigenvalue weighted by Crippen LogP contribution is -2.49. The third-order valence-corrected chi connectivity index (χ3v) is 4.02. The number of hydrogen-bond donors (Lipinski definition) is 2. The van der Waals surface area contributed by atoms with E-state index < -0.39 is 15.6 Å². The molecule has 0 radical (unpaired) electrons. The van der Waals surface area contributed by atoms with Gasteiger partial charge >= 0.3 is 0 Å². The Balaban J connectivity index is 2.03. The Labute approximate surface area is 125 Å². The number of hydrogen-bond acceptors (Lipinski definition) is 4. The average molecular weight is 307 g/mol. The molecule has 1 aromatic carbocycles. The zero-order chi connectivity index (χ0) is 15.5. The van der Waals surface area contributed by atoms with Gasteiger partial charge in [-0.2, -0.15) is 0 Å². The summed E-state index contributed by atoms with van der Waals surface area (Å²) in [5, 5.41) is 5.55. The van der Waals surface area contributed by atoms with Gasteiger partial charge in [-0.15, -0.1) is 0 Å². The Kier molecular flexibility index (Phi) is 4.61. The van der Waals surface area contributed by atoms with Crippen molar-refractivity contribution >= 4 is 20.8 Å². The van der Waals surface area contributed by atoms with Crippen LogP contribution >= 0.6 is 0 Å². The number of aromatic nitrogens is 1.